The van der Waals surface area contributed by atoms with Gasteiger partial charge in [0.25, 0.3) is 5.91 Å². The minimum absolute atomic E-state index is 0.0221. The number of furan rings is 1. The normalized spacial score (nSPS) is 12.7. The Morgan fingerprint density at radius 1 is 1.43 bits per heavy atom. The van der Waals surface area contributed by atoms with E-state index in [1.165, 1.54) is 6.20 Å². The Kier molecular flexibility index (Phi) is 4.03. The van der Waals surface area contributed by atoms with Gasteiger partial charge < -0.3 is 15.5 Å². The third kappa shape index (κ3) is 2.91. The number of aromatic nitrogens is 2. The minimum Gasteiger partial charge on any atom is -0.468 e. The number of carbonyl (C=O) groups is 1. The van der Waals surface area contributed by atoms with Gasteiger partial charge in [-0.1, -0.05) is 0 Å². The van der Waals surface area contributed by atoms with E-state index in [0.29, 0.717) is 17.8 Å². The molecule has 0 aliphatic heterocycles. The summed E-state index contributed by atoms with van der Waals surface area (Å²) in [6.45, 7) is 0.561. The lowest BCUT2D eigenvalue weighted by Crippen LogP contribution is -2.27. The van der Waals surface area contributed by atoms with Gasteiger partial charge in [-0.25, -0.2) is 4.52 Å². The molecular weight excluding hydrogens is 294 g/mol. The van der Waals surface area contributed by atoms with Crippen LogP contribution in [0, 0.1) is 0 Å². The molecular formula is C16H19N5O2. The zero-order valence-electron chi connectivity index (χ0n) is 13.1. The smallest absolute Gasteiger partial charge is 0.252 e. The van der Waals surface area contributed by atoms with Gasteiger partial charge >= 0.3 is 0 Å². The van der Waals surface area contributed by atoms with E-state index in [0.717, 1.165) is 11.3 Å². The summed E-state index contributed by atoms with van der Waals surface area (Å²) in [5.41, 5.74) is 7.33. The molecule has 3 rings (SSSR count). The lowest BCUT2D eigenvalue weighted by atomic mass is 10.1. The van der Waals surface area contributed by atoms with E-state index in [1.54, 1.807) is 10.8 Å². The Morgan fingerprint density at radius 3 is 2.91 bits per heavy atom. The molecule has 0 fully saturated rings. The molecule has 0 saturated heterocycles. The Morgan fingerprint density at radius 2 is 2.26 bits per heavy atom. The molecule has 0 aliphatic rings. The molecule has 1 unspecified atom stereocenters. The van der Waals surface area contributed by atoms with Crippen LogP contribution < -0.4 is 11.1 Å². The van der Waals surface area contributed by atoms with E-state index >= 15 is 0 Å². The molecule has 0 spiro atoms. The maximum Gasteiger partial charge on any atom is 0.252 e. The number of amides is 1. The zero-order chi connectivity index (χ0) is 16.4. The van der Waals surface area contributed by atoms with Crippen LogP contribution in [0.4, 0.5) is 5.69 Å². The Hall–Kier alpha value is -2.80. The number of nitrogens with one attached hydrogen (secondary N) is 1. The van der Waals surface area contributed by atoms with Crippen molar-refractivity contribution in [3.63, 3.8) is 0 Å². The summed E-state index contributed by atoms with van der Waals surface area (Å²) in [7, 11) is 3.95. The Balaban J connectivity index is 1.92. The summed E-state index contributed by atoms with van der Waals surface area (Å²) in [6, 6.07) is 7.57. The number of nitrogens with two attached hydrogens (primary N) is 1. The first kappa shape index (κ1) is 15.1. The average molecular weight is 313 g/mol. The first-order valence-electron chi connectivity index (χ1n) is 7.28. The number of carbonyl (C=O) groups excluding carboxylic acids is 1. The molecule has 1 amide bonds. The summed E-state index contributed by atoms with van der Waals surface area (Å²) >= 11 is 0. The monoisotopic (exact) mass is 313 g/mol. The average Bonchev–Trinajstić information content (AvgIpc) is 3.17. The quantitative estimate of drug-likeness (QED) is 0.723. The van der Waals surface area contributed by atoms with Crippen LogP contribution in [0.3, 0.4) is 0 Å². The highest BCUT2D eigenvalue weighted by atomic mass is 16.3. The molecule has 0 aliphatic carbocycles. The van der Waals surface area contributed by atoms with Gasteiger partial charge in [0, 0.05) is 12.7 Å². The fraction of sp³-hybridized carbons (Fsp3) is 0.250. The summed E-state index contributed by atoms with van der Waals surface area (Å²) in [5, 5.41) is 7.51. The summed E-state index contributed by atoms with van der Waals surface area (Å²) in [5.74, 6) is 0.340. The third-order valence-electron chi connectivity index (χ3n) is 3.80. The van der Waals surface area contributed by atoms with Gasteiger partial charge in [-0.15, -0.1) is 0 Å². The molecule has 0 aromatic carbocycles. The molecule has 3 N–H and O–H groups in total. The number of nitrogens with zero attached hydrogens (tertiary/aromatic N) is 3. The van der Waals surface area contributed by atoms with Crippen molar-refractivity contribution in [2.24, 2.45) is 5.73 Å². The minimum atomic E-state index is -0.511. The van der Waals surface area contributed by atoms with Crippen molar-refractivity contribution in [2.45, 2.75) is 6.04 Å². The van der Waals surface area contributed by atoms with Crippen molar-refractivity contribution in [1.82, 2.24) is 14.5 Å². The van der Waals surface area contributed by atoms with E-state index in [9.17, 15) is 4.79 Å². The Labute approximate surface area is 133 Å². The molecule has 1 atom stereocenters. The molecule has 7 nitrogen and oxygen atoms in total. The van der Waals surface area contributed by atoms with Gasteiger partial charge in [0.15, 0.2) is 0 Å². The van der Waals surface area contributed by atoms with Crippen LogP contribution in [-0.4, -0.2) is 41.1 Å². The van der Waals surface area contributed by atoms with Crippen molar-refractivity contribution < 1.29 is 9.21 Å². The van der Waals surface area contributed by atoms with Crippen LogP contribution in [0.5, 0.6) is 0 Å². The molecule has 7 heteroatoms. The van der Waals surface area contributed by atoms with Gasteiger partial charge in [0.1, 0.15) is 5.76 Å². The summed E-state index contributed by atoms with van der Waals surface area (Å²) in [6.07, 6.45) is 4.95. The Bertz CT molecular complexity index is 807. The number of hydrogen-bond acceptors (Lipinski definition) is 5. The standard InChI is InChI=1S/C16H19N5O2/c1-20(2)13(14-6-4-8-23-14)10-18-15-11(16(17)22)9-19-21-7-3-5-12(15)21/h3-9,13,18H,10H2,1-2H3,(H2,17,22). The largest absolute Gasteiger partial charge is 0.468 e. The van der Waals surface area contributed by atoms with Crippen molar-refractivity contribution in [3.8, 4) is 0 Å². The maximum atomic E-state index is 11.7. The lowest BCUT2D eigenvalue weighted by molar-refractivity contribution is 0.100. The topological polar surface area (TPSA) is 88.8 Å². The maximum absolute atomic E-state index is 11.7. The van der Waals surface area contributed by atoms with E-state index in [2.05, 4.69) is 10.4 Å². The molecule has 0 bridgehead atoms. The molecule has 120 valence electrons. The highest BCUT2D eigenvalue weighted by Gasteiger charge is 2.19. The van der Waals surface area contributed by atoms with Gasteiger partial charge in [-0.2, -0.15) is 5.10 Å². The van der Waals surface area contributed by atoms with Crippen LogP contribution in [0.15, 0.2) is 47.3 Å². The van der Waals surface area contributed by atoms with Crippen LogP contribution in [-0.2, 0) is 0 Å². The van der Waals surface area contributed by atoms with Crippen LogP contribution >= 0.6 is 0 Å². The molecule has 23 heavy (non-hydrogen) atoms. The molecule has 0 radical (unpaired) electrons. The highest BCUT2D eigenvalue weighted by molar-refractivity contribution is 6.01. The van der Waals surface area contributed by atoms with E-state index < -0.39 is 5.91 Å². The van der Waals surface area contributed by atoms with Gasteiger partial charge in [-0.05, 0) is 38.4 Å². The summed E-state index contributed by atoms with van der Waals surface area (Å²) in [4.78, 5) is 13.7. The number of likely N-dealkylation sites (N-methyl/N-ethyl adjacent to an activating group) is 1. The fourth-order valence-electron chi connectivity index (χ4n) is 2.58. The van der Waals surface area contributed by atoms with E-state index in [-0.39, 0.29) is 6.04 Å². The molecule has 3 aromatic rings. The van der Waals surface area contributed by atoms with Crippen molar-refractivity contribution in [3.05, 3.63) is 54.2 Å². The van der Waals surface area contributed by atoms with Gasteiger partial charge in [0.2, 0.25) is 0 Å². The van der Waals surface area contributed by atoms with Crippen LogP contribution in [0.1, 0.15) is 22.2 Å². The highest BCUT2D eigenvalue weighted by Crippen LogP contribution is 2.24. The van der Waals surface area contributed by atoms with E-state index in [4.69, 9.17) is 10.2 Å². The zero-order valence-corrected chi connectivity index (χ0v) is 13.1. The van der Waals surface area contributed by atoms with Crippen molar-refractivity contribution in [1.29, 1.82) is 0 Å². The predicted molar refractivity (Wildman–Crippen MR) is 87.3 cm³/mol. The second-order valence-corrected chi connectivity index (χ2v) is 5.51. The third-order valence-corrected chi connectivity index (χ3v) is 3.80. The number of rotatable bonds is 6. The molecule has 0 saturated carbocycles. The molecule has 3 aromatic heterocycles. The number of hydrogen-bond donors (Lipinski definition) is 2. The first-order valence-corrected chi connectivity index (χ1v) is 7.28. The lowest BCUT2D eigenvalue weighted by Gasteiger charge is -2.23. The predicted octanol–water partition coefficient (Wildman–Crippen LogP) is 1.74. The van der Waals surface area contributed by atoms with Crippen LogP contribution in [0.25, 0.3) is 5.52 Å². The second kappa shape index (κ2) is 6.13. The fourth-order valence-corrected chi connectivity index (χ4v) is 2.58. The number of anilines is 1. The summed E-state index contributed by atoms with van der Waals surface area (Å²) < 4.78 is 7.21. The second-order valence-electron chi connectivity index (χ2n) is 5.51. The van der Waals surface area contributed by atoms with E-state index in [1.807, 2.05) is 49.5 Å². The van der Waals surface area contributed by atoms with Crippen molar-refractivity contribution in [2.75, 3.05) is 26.0 Å². The number of fused-ring (bicyclic) bond motifs is 1. The van der Waals surface area contributed by atoms with Gasteiger partial charge in [-0.3, -0.25) is 9.69 Å². The van der Waals surface area contributed by atoms with Gasteiger partial charge in [0.05, 0.1) is 35.3 Å². The first-order chi connectivity index (χ1) is 11.1. The van der Waals surface area contributed by atoms with Crippen LogP contribution in [0.2, 0.25) is 0 Å². The number of primary amides is 1. The SMILES string of the molecule is CN(C)C(CNc1c(C(N)=O)cnn2cccc12)c1ccco1. The van der Waals surface area contributed by atoms with Crippen molar-refractivity contribution >= 4 is 17.1 Å². The molecule has 3 heterocycles.